The van der Waals surface area contributed by atoms with Crippen LogP contribution in [0, 0.1) is 5.92 Å². The molecule has 3 atom stereocenters. The van der Waals surface area contributed by atoms with Crippen molar-refractivity contribution in [3.63, 3.8) is 0 Å². The van der Waals surface area contributed by atoms with Crippen LogP contribution in [-0.2, 0) is 13.6 Å². The highest BCUT2D eigenvalue weighted by atomic mass is 15.2. The number of hydrogen-bond acceptors (Lipinski definition) is 3. The number of imidazole rings is 1. The van der Waals surface area contributed by atoms with Gasteiger partial charge in [-0.25, -0.2) is 4.98 Å². The fraction of sp³-hybridized carbons (Fsp3) is 0.800. The van der Waals surface area contributed by atoms with E-state index < -0.39 is 0 Å². The third kappa shape index (κ3) is 3.57. The number of likely N-dealkylation sites (N-methyl/N-ethyl adjacent to an activating group) is 1. The van der Waals surface area contributed by atoms with Gasteiger partial charge < -0.3 is 10.3 Å². The van der Waals surface area contributed by atoms with Gasteiger partial charge in [0, 0.05) is 31.5 Å². The first-order chi connectivity index (χ1) is 9.11. The summed E-state index contributed by atoms with van der Waals surface area (Å²) in [6.45, 7) is 3.17. The van der Waals surface area contributed by atoms with Crippen LogP contribution < -0.4 is 5.73 Å². The number of aromatic nitrogens is 2. The quantitative estimate of drug-likeness (QED) is 0.886. The number of aryl methyl sites for hydroxylation is 1. The summed E-state index contributed by atoms with van der Waals surface area (Å²) in [5.74, 6) is 1.98. The van der Waals surface area contributed by atoms with E-state index in [1.54, 1.807) is 0 Å². The maximum absolute atomic E-state index is 6.34. The van der Waals surface area contributed by atoms with Crippen molar-refractivity contribution >= 4 is 0 Å². The number of rotatable bonds is 5. The van der Waals surface area contributed by atoms with E-state index in [1.165, 1.54) is 32.1 Å². The highest BCUT2D eigenvalue weighted by Gasteiger charge is 2.30. The predicted octanol–water partition coefficient (Wildman–Crippen LogP) is 2.15. The van der Waals surface area contributed by atoms with E-state index in [0.29, 0.717) is 12.1 Å². The Morgan fingerprint density at radius 2 is 2.26 bits per heavy atom. The van der Waals surface area contributed by atoms with Gasteiger partial charge in [-0.1, -0.05) is 19.8 Å². The van der Waals surface area contributed by atoms with Gasteiger partial charge in [0.05, 0.1) is 6.54 Å². The zero-order chi connectivity index (χ0) is 13.8. The van der Waals surface area contributed by atoms with Crippen molar-refractivity contribution in [3.05, 3.63) is 18.2 Å². The Balaban J connectivity index is 1.96. The molecule has 1 aliphatic rings. The van der Waals surface area contributed by atoms with Crippen molar-refractivity contribution in [1.82, 2.24) is 14.5 Å². The van der Waals surface area contributed by atoms with Crippen LogP contribution in [0.3, 0.4) is 0 Å². The minimum absolute atomic E-state index is 0.318. The average Bonchev–Trinajstić information content (AvgIpc) is 2.77. The van der Waals surface area contributed by atoms with Crippen LogP contribution in [0.2, 0.25) is 0 Å². The zero-order valence-electron chi connectivity index (χ0n) is 12.5. The summed E-state index contributed by atoms with van der Waals surface area (Å²) in [7, 11) is 4.24. The maximum Gasteiger partial charge on any atom is 0.122 e. The van der Waals surface area contributed by atoms with Gasteiger partial charge in [0.1, 0.15) is 5.82 Å². The van der Waals surface area contributed by atoms with Crippen molar-refractivity contribution in [2.45, 2.75) is 57.7 Å². The van der Waals surface area contributed by atoms with Gasteiger partial charge in [0.15, 0.2) is 0 Å². The van der Waals surface area contributed by atoms with Crippen molar-refractivity contribution < 1.29 is 0 Å². The van der Waals surface area contributed by atoms with E-state index in [4.69, 9.17) is 5.73 Å². The van der Waals surface area contributed by atoms with E-state index in [2.05, 4.69) is 35.5 Å². The molecule has 1 aliphatic carbocycles. The largest absolute Gasteiger partial charge is 0.337 e. The Hall–Kier alpha value is -0.870. The maximum atomic E-state index is 6.34. The lowest BCUT2D eigenvalue weighted by molar-refractivity contribution is 0.124. The summed E-state index contributed by atoms with van der Waals surface area (Å²) in [5, 5.41) is 0. The molecule has 0 aliphatic heterocycles. The van der Waals surface area contributed by atoms with Gasteiger partial charge in [0.25, 0.3) is 0 Å². The van der Waals surface area contributed by atoms with Gasteiger partial charge in [-0.05, 0) is 32.2 Å². The Morgan fingerprint density at radius 1 is 1.47 bits per heavy atom. The van der Waals surface area contributed by atoms with Gasteiger partial charge in [-0.3, -0.25) is 4.90 Å². The highest BCUT2D eigenvalue weighted by molar-refractivity contribution is 4.94. The second-order valence-electron chi connectivity index (χ2n) is 6.07. The minimum Gasteiger partial charge on any atom is -0.337 e. The molecule has 1 fully saturated rings. The summed E-state index contributed by atoms with van der Waals surface area (Å²) in [6, 6.07) is 0.820. The molecule has 1 saturated carbocycles. The van der Waals surface area contributed by atoms with Crippen LogP contribution in [-0.4, -0.2) is 33.6 Å². The molecular formula is C15H28N4. The third-order valence-electron chi connectivity index (χ3n) is 4.55. The molecule has 1 heterocycles. The monoisotopic (exact) mass is 264 g/mol. The molecule has 0 saturated heterocycles. The molecule has 0 aromatic carbocycles. The number of nitrogens with two attached hydrogens (primary N) is 1. The van der Waals surface area contributed by atoms with Crippen LogP contribution in [0.5, 0.6) is 0 Å². The van der Waals surface area contributed by atoms with E-state index in [-0.39, 0.29) is 0 Å². The second kappa shape index (κ2) is 6.53. The Labute approximate surface area is 117 Å². The van der Waals surface area contributed by atoms with E-state index in [1.807, 2.05) is 12.4 Å². The smallest absolute Gasteiger partial charge is 0.122 e. The molecule has 1 aromatic rings. The SMILES string of the molecule is CCCC1CCC(N)C(N(C)Cc2nccn2C)C1. The molecule has 2 rings (SSSR count). The molecule has 108 valence electrons. The molecule has 19 heavy (non-hydrogen) atoms. The standard InChI is InChI=1S/C15H28N4/c1-4-5-12-6-7-13(16)14(10-12)19(3)11-15-17-8-9-18(15)2/h8-9,12-14H,4-7,10-11,16H2,1-3H3. The van der Waals surface area contributed by atoms with Crippen LogP contribution in [0.25, 0.3) is 0 Å². The second-order valence-corrected chi connectivity index (χ2v) is 6.07. The van der Waals surface area contributed by atoms with Gasteiger partial charge in [-0.2, -0.15) is 0 Å². The lowest BCUT2D eigenvalue weighted by Crippen LogP contribution is -2.49. The fourth-order valence-electron chi connectivity index (χ4n) is 3.32. The molecule has 0 bridgehead atoms. The molecule has 2 N–H and O–H groups in total. The fourth-order valence-corrected chi connectivity index (χ4v) is 3.32. The van der Waals surface area contributed by atoms with Crippen LogP contribution in [0.1, 0.15) is 44.9 Å². The molecule has 0 amide bonds. The number of hydrogen-bond donors (Lipinski definition) is 1. The lowest BCUT2D eigenvalue weighted by atomic mass is 9.80. The van der Waals surface area contributed by atoms with Gasteiger partial charge >= 0.3 is 0 Å². The van der Waals surface area contributed by atoms with E-state index in [0.717, 1.165) is 18.3 Å². The number of nitrogens with zero attached hydrogens (tertiary/aromatic N) is 3. The topological polar surface area (TPSA) is 47.1 Å². The summed E-state index contributed by atoms with van der Waals surface area (Å²) in [4.78, 5) is 6.81. The molecule has 0 radical (unpaired) electrons. The molecule has 4 heteroatoms. The van der Waals surface area contributed by atoms with Crippen LogP contribution in [0.4, 0.5) is 0 Å². The first-order valence-electron chi connectivity index (χ1n) is 7.53. The lowest BCUT2D eigenvalue weighted by Gasteiger charge is -2.39. The van der Waals surface area contributed by atoms with E-state index >= 15 is 0 Å². The molecule has 0 spiro atoms. The average molecular weight is 264 g/mol. The Morgan fingerprint density at radius 3 is 2.89 bits per heavy atom. The van der Waals surface area contributed by atoms with E-state index in [9.17, 15) is 0 Å². The summed E-state index contributed by atoms with van der Waals surface area (Å²) >= 11 is 0. The van der Waals surface area contributed by atoms with Crippen molar-refractivity contribution in [3.8, 4) is 0 Å². The van der Waals surface area contributed by atoms with Crippen molar-refractivity contribution in [1.29, 1.82) is 0 Å². The van der Waals surface area contributed by atoms with Gasteiger partial charge in [0.2, 0.25) is 0 Å². The summed E-state index contributed by atoms with van der Waals surface area (Å²) in [6.07, 6.45) is 10.2. The highest BCUT2D eigenvalue weighted by Crippen LogP contribution is 2.30. The van der Waals surface area contributed by atoms with Gasteiger partial charge in [-0.15, -0.1) is 0 Å². The van der Waals surface area contributed by atoms with Crippen molar-refractivity contribution in [2.75, 3.05) is 7.05 Å². The molecule has 3 unspecified atom stereocenters. The molecule has 4 nitrogen and oxygen atoms in total. The first kappa shape index (κ1) is 14.5. The van der Waals surface area contributed by atoms with Crippen LogP contribution in [0.15, 0.2) is 12.4 Å². The first-order valence-corrected chi connectivity index (χ1v) is 7.53. The molecule has 1 aromatic heterocycles. The van der Waals surface area contributed by atoms with Crippen LogP contribution >= 0.6 is 0 Å². The predicted molar refractivity (Wildman–Crippen MR) is 78.7 cm³/mol. The summed E-state index contributed by atoms with van der Waals surface area (Å²) in [5.41, 5.74) is 6.34. The molecular weight excluding hydrogens is 236 g/mol. The summed E-state index contributed by atoms with van der Waals surface area (Å²) < 4.78 is 2.09. The zero-order valence-corrected chi connectivity index (χ0v) is 12.5. The normalized spacial score (nSPS) is 27.9. The Kier molecular flexibility index (Phi) is 4.99. The van der Waals surface area contributed by atoms with Crippen molar-refractivity contribution in [2.24, 2.45) is 18.7 Å². The Bertz CT molecular complexity index is 387. The minimum atomic E-state index is 0.318. The third-order valence-corrected chi connectivity index (χ3v) is 4.55.